The smallest absolute Gasteiger partial charge is 0.119 e. The molecule has 2 aromatic rings. The van der Waals surface area contributed by atoms with Gasteiger partial charge in [-0.25, -0.2) is 0 Å². The van der Waals surface area contributed by atoms with Gasteiger partial charge in [0.2, 0.25) is 0 Å². The van der Waals surface area contributed by atoms with Crippen molar-refractivity contribution in [3.8, 4) is 5.75 Å². The minimum atomic E-state index is 0.670. The number of nitrogens with zero attached hydrogens (tertiary/aromatic N) is 1. The van der Waals surface area contributed by atoms with Crippen molar-refractivity contribution in [2.24, 2.45) is 5.16 Å². The number of aryl methyl sites for hydroxylation is 1. The lowest BCUT2D eigenvalue weighted by Crippen LogP contribution is -2.02. The molecule has 0 aliphatic heterocycles. The Morgan fingerprint density at radius 2 is 1.90 bits per heavy atom. The van der Waals surface area contributed by atoms with Gasteiger partial charge in [-0.3, -0.25) is 0 Å². The Hall–Kier alpha value is -2.29. The molecule has 0 saturated heterocycles. The predicted octanol–water partition coefficient (Wildman–Crippen LogP) is 3.43. The van der Waals surface area contributed by atoms with Gasteiger partial charge in [0.05, 0.1) is 12.3 Å². The first-order valence-electron chi connectivity index (χ1n) is 6.88. The second-order valence-corrected chi connectivity index (χ2v) is 4.95. The monoisotopic (exact) mass is 267 g/mol. The van der Waals surface area contributed by atoms with Crippen LogP contribution in [0.5, 0.6) is 5.75 Å². The molecule has 0 bridgehead atoms. The maximum absolute atomic E-state index is 8.91. The number of hydrogen-bond donors (Lipinski definition) is 1. The Morgan fingerprint density at radius 3 is 2.70 bits per heavy atom. The molecule has 3 nitrogen and oxygen atoms in total. The van der Waals surface area contributed by atoms with E-state index in [9.17, 15) is 0 Å². The zero-order chi connectivity index (χ0) is 13.8. The molecule has 3 heteroatoms. The molecule has 2 aromatic carbocycles. The Labute approximate surface area is 118 Å². The van der Waals surface area contributed by atoms with Gasteiger partial charge in [-0.2, -0.15) is 0 Å². The molecule has 102 valence electrons. The second-order valence-electron chi connectivity index (χ2n) is 4.95. The second kappa shape index (κ2) is 5.78. The van der Waals surface area contributed by atoms with Crippen LogP contribution in [0.15, 0.2) is 53.7 Å². The summed E-state index contributed by atoms with van der Waals surface area (Å²) in [6, 6.07) is 16.3. The van der Waals surface area contributed by atoms with E-state index in [2.05, 4.69) is 23.4 Å². The van der Waals surface area contributed by atoms with Crippen LogP contribution in [0.3, 0.4) is 0 Å². The third kappa shape index (κ3) is 2.67. The van der Waals surface area contributed by atoms with Crippen LogP contribution < -0.4 is 4.74 Å². The molecule has 0 radical (unpaired) electrons. The summed E-state index contributed by atoms with van der Waals surface area (Å²) < 4.78 is 5.80. The van der Waals surface area contributed by atoms with Crippen LogP contribution >= 0.6 is 0 Å². The molecule has 3 rings (SSSR count). The van der Waals surface area contributed by atoms with Crippen molar-refractivity contribution in [3.05, 3.63) is 65.2 Å². The van der Waals surface area contributed by atoms with Crippen molar-refractivity contribution < 1.29 is 9.94 Å². The van der Waals surface area contributed by atoms with Crippen molar-refractivity contribution in [3.63, 3.8) is 0 Å². The fraction of sp³-hybridized carbons (Fsp3) is 0.235. The average Bonchev–Trinajstić information content (AvgIpc) is 2.90. The van der Waals surface area contributed by atoms with E-state index in [0.29, 0.717) is 6.61 Å². The summed E-state index contributed by atoms with van der Waals surface area (Å²) in [6.07, 6.45) is 2.63. The van der Waals surface area contributed by atoms with Crippen LogP contribution in [0.2, 0.25) is 0 Å². The van der Waals surface area contributed by atoms with Gasteiger partial charge in [0, 0.05) is 12.0 Å². The van der Waals surface area contributed by atoms with Crippen molar-refractivity contribution in [2.45, 2.75) is 19.3 Å². The van der Waals surface area contributed by atoms with E-state index < -0.39 is 0 Å². The summed E-state index contributed by atoms with van der Waals surface area (Å²) >= 11 is 0. The lowest BCUT2D eigenvalue weighted by atomic mass is 10.1. The summed E-state index contributed by atoms with van der Waals surface area (Å²) in [6.45, 7) is 0.670. The molecule has 0 unspecified atom stereocenters. The van der Waals surface area contributed by atoms with E-state index in [1.54, 1.807) is 0 Å². The minimum absolute atomic E-state index is 0.670. The number of ether oxygens (including phenoxy) is 1. The summed E-state index contributed by atoms with van der Waals surface area (Å²) in [7, 11) is 0. The first-order chi connectivity index (χ1) is 9.86. The van der Waals surface area contributed by atoms with Crippen LogP contribution in [0.25, 0.3) is 0 Å². The van der Waals surface area contributed by atoms with Gasteiger partial charge in [0.15, 0.2) is 0 Å². The van der Waals surface area contributed by atoms with Crippen molar-refractivity contribution in [2.75, 3.05) is 6.61 Å². The molecule has 1 aliphatic rings. The molecule has 0 atom stereocenters. The first-order valence-corrected chi connectivity index (χ1v) is 6.88. The predicted molar refractivity (Wildman–Crippen MR) is 78.7 cm³/mol. The van der Waals surface area contributed by atoms with Crippen molar-refractivity contribution in [1.82, 2.24) is 0 Å². The number of rotatable bonds is 4. The average molecular weight is 267 g/mol. The molecule has 0 spiro atoms. The van der Waals surface area contributed by atoms with Crippen molar-refractivity contribution in [1.29, 1.82) is 0 Å². The van der Waals surface area contributed by atoms with Crippen LogP contribution in [0, 0.1) is 0 Å². The molecule has 1 aliphatic carbocycles. The van der Waals surface area contributed by atoms with Gasteiger partial charge in [0.25, 0.3) is 0 Å². The Kier molecular flexibility index (Phi) is 3.68. The molecular formula is C17H17NO2. The van der Waals surface area contributed by atoms with Gasteiger partial charge < -0.3 is 9.94 Å². The van der Waals surface area contributed by atoms with Gasteiger partial charge in [0.1, 0.15) is 5.75 Å². The van der Waals surface area contributed by atoms with Gasteiger partial charge >= 0.3 is 0 Å². The first kappa shape index (κ1) is 12.7. The maximum Gasteiger partial charge on any atom is 0.119 e. The zero-order valence-electron chi connectivity index (χ0n) is 11.2. The largest absolute Gasteiger partial charge is 0.493 e. The lowest BCUT2D eigenvalue weighted by molar-refractivity contribution is 0.318. The van der Waals surface area contributed by atoms with Crippen LogP contribution in [-0.2, 0) is 12.8 Å². The Bertz CT molecular complexity index is 620. The van der Waals surface area contributed by atoms with E-state index >= 15 is 0 Å². The van der Waals surface area contributed by atoms with Gasteiger partial charge in [-0.05, 0) is 42.2 Å². The molecule has 0 saturated carbocycles. The van der Waals surface area contributed by atoms with E-state index in [4.69, 9.17) is 9.94 Å². The van der Waals surface area contributed by atoms with E-state index in [1.165, 1.54) is 11.1 Å². The maximum atomic E-state index is 8.91. The number of oxime groups is 1. The number of benzene rings is 2. The van der Waals surface area contributed by atoms with E-state index in [1.807, 2.05) is 30.3 Å². The molecule has 0 aromatic heterocycles. The molecule has 0 heterocycles. The van der Waals surface area contributed by atoms with Crippen molar-refractivity contribution >= 4 is 5.71 Å². The summed E-state index contributed by atoms with van der Waals surface area (Å²) in [5.41, 5.74) is 4.30. The highest BCUT2D eigenvalue weighted by Crippen LogP contribution is 2.26. The molecule has 20 heavy (non-hydrogen) atoms. The van der Waals surface area contributed by atoms with Crippen LogP contribution in [0.1, 0.15) is 23.1 Å². The highest BCUT2D eigenvalue weighted by atomic mass is 16.5. The fourth-order valence-corrected chi connectivity index (χ4v) is 2.57. The standard InChI is InChI=1S/C17H17NO2/c19-18-17-9-6-14-12-15(7-8-16(14)17)20-11-10-13-4-2-1-3-5-13/h1-5,7-8,12,19H,6,9-11H2/b18-17-. The SMILES string of the molecule is O/N=C1/CCc2cc(OCCc3ccccc3)ccc21. The molecule has 1 N–H and O–H groups in total. The summed E-state index contributed by atoms with van der Waals surface area (Å²) in [5.74, 6) is 0.888. The zero-order valence-corrected chi connectivity index (χ0v) is 11.2. The Balaban J connectivity index is 1.62. The summed E-state index contributed by atoms with van der Waals surface area (Å²) in [4.78, 5) is 0. The molecular weight excluding hydrogens is 250 g/mol. The van der Waals surface area contributed by atoms with Crippen LogP contribution in [0.4, 0.5) is 0 Å². The number of fused-ring (bicyclic) bond motifs is 1. The fourth-order valence-electron chi connectivity index (χ4n) is 2.57. The minimum Gasteiger partial charge on any atom is -0.493 e. The van der Waals surface area contributed by atoms with Crippen LogP contribution in [-0.4, -0.2) is 17.5 Å². The number of hydrogen-bond acceptors (Lipinski definition) is 3. The lowest BCUT2D eigenvalue weighted by Gasteiger charge is -2.08. The Morgan fingerprint density at radius 1 is 1.05 bits per heavy atom. The quantitative estimate of drug-likeness (QED) is 0.681. The molecule has 0 fully saturated rings. The van der Waals surface area contributed by atoms with E-state index in [-0.39, 0.29) is 0 Å². The third-order valence-corrected chi connectivity index (χ3v) is 3.64. The third-order valence-electron chi connectivity index (χ3n) is 3.64. The highest BCUT2D eigenvalue weighted by Gasteiger charge is 2.18. The van der Waals surface area contributed by atoms with E-state index in [0.717, 1.165) is 36.3 Å². The normalized spacial score (nSPS) is 15.3. The highest BCUT2D eigenvalue weighted by molar-refractivity contribution is 6.04. The van der Waals surface area contributed by atoms with Gasteiger partial charge in [-0.15, -0.1) is 0 Å². The van der Waals surface area contributed by atoms with Gasteiger partial charge in [-0.1, -0.05) is 35.5 Å². The summed E-state index contributed by atoms with van der Waals surface area (Å²) in [5, 5.41) is 12.2. The molecule has 0 amide bonds. The topological polar surface area (TPSA) is 41.8 Å².